The molecule has 84 valence electrons. The molecule has 0 saturated carbocycles. The van der Waals surface area contributed by atoms with Crippen LogP contribution in [0.4, 0.5) is 0 Å². The predicted molar refractivity (Wildman–Crippen MR) is 58.3 cm³/mol. The second kappa shape index (κ2) is 6.44. The Balaban J connectivity index is 2.49. The molecule has 0 radical (unpaired) electrons. The first kappa shape index (κ1) is 12.0. The molecule has 0 aliphatic carbocycles. The fourth-order valence-corrected chi connectivity index (χ4v) is 1.14. The Morgan fingerprint density at radius 1 is 1.50 bits per heavy atom. The highest BCUT2D eigenvalue weighted by Crippen LogP contribution is 1.98. The summed E-state index contributed by atoms with van der Waals surface area (Å²) in [4.78, 5) is 13.9. The van der Waals surface area contributed by atoms with Gasteiger partial charge in [0.05, 0.1) is 6.61 Å². The highest BCUT2D eigenvalue weighted by Gasteiger charge is 2.14. The van der Waals surface area contributed by atoms with Gasteiger partial charge in [0.2, 0.25) is 5.91 Å². The molecule has 1 rings (SSSR count). The second-order valence-electron chi connectivity index (χ2n) is 3.11. The molecule has 1 aromatic carbocycles. The predicted octanol–water partition coefficient (Wildman–Crippen LogP) is 0.974. The van der Waals surface area contributed by atoms with Crippen LogP contribution in [-0.4, -0.2) is 23.7 Å². The van der Waals surface area contributed by atoms with E-state index in [0.29, 0.717) is 6.54 Å². The number of amides is 1. The largest absolute Gasteiger partial charge is 0.395 e. The Bertz CT molecular complexity index is 387. The third kappa shape index (κ3) is 3.61. The van der Waals surface area contributed by atoms with Gasteiger partial charge in [-0.05, 0) is 11.1 Å². The van der Waals surface area contributed by atoms with E-state index in [-0.39, 0.29) is 0 Å². The Kier molecular flexibility index (Phi) is 4.85. The average Bonchev–Trinajstić information content (AvgIpc) is 2.34. The molecule has 0 aliphatic heterocycles. The van der Waals surface area contributed by atoms with E-state index in [9.17, 15) is 4.79 Å². The number of hydrogen-bond donors (Lipinski definition) is 2. The van der Waals surface area contributed by atoms with Crippen molar-refractivity contribution >= 4 is 5.91 Å². The van der Waals surface area contributed by atoms with Crippen LogP contribution in [0.1, 0.15) is 5.56 Å². The maximum absolute atomic E-state index is 11.4. The summed E-state index contributed by atoms with van der Waals surface area (Å²) in [5, 5.41) is 14.5. The molecular weight excluding hydrogens is 208 g/mol. The standard InChI is InChI=1S/C10H12N4O2/c11-14-13-9(7-15)10(16)12-6-8-4-2-1-3-5-8/h1-5,9,15H,6-7H2,(H,12,16)/t9-/m1/s1. The van der Waals surface area contributed by atoms with Crippen molar-refractivity contribution < 1.29 is 9.90 Å². The lowest BCUT2D eigenvalue weighted by Gasteiger charge is -2.08. The maximum atomic E-state index is 11.4. The number of carbonyl (C=O) groups excluding carboxylic acids is 1. The van der Waals surface area contributed by atoms with Gasteiger partial charge < -0.3 is 10.4 Å². The summed E-state index contributed by atoms with van der Waals surface area (Å²) in [6, 6.07) is 8.26. The monoisotopic (exact) mass is 220 g/mol. The number of nitrogens with one attached hydrogen (secondary N) is 1. The van der Waals surface area contributed by atoms with Crippen molar-refractivity contribution in [3.05, 3.63) is 46.3 Å². The van der Waals surface area contributed by atoms with Crippen molar-refractivity contribution in [2.75, 3.05) is 6.61 Å². The van der Waals surface area contributed by atoms with Crippen LogP contribution in [0.15, 0.2) is 35.4 Å². The third-order valence-electron chi connectivity index (χ3n) is 1.98. The highest BCUT2D eigenvalue weighted by atomic mass is 16.3. The molecule has 0 aromatic heterocycles. The lowest BCUT2D eigenvalue weighted by molar-refractivity contribution is -0.123. The zero-order valence-electron chi connectivity index (χ0n) is 8.58. The van der Waals surface area contributed by atoms with Crippen LogP contribution in [-0.2, 0) is 11.3 Å². The normalized spacial score (nSPS) is 11.3. The lowest BCUT2D eigenvalue weighted by atomic mass is 10.2. The molecule has 0 heterocycles. The summed E-state index contributed by atoms with van der Waals surface area (Å²) in [5.74, 6) is -0.482. The number of hydrogen-bond acceptors (Lipinski definition) is 3. The van der Waals surface area contributed by atoms with Gasteiger partial charge >= 0.3 is 0 Å². The molecule has 0 spiro atoms. The first-order valence-electron chi connectivity index (χ1n) is 4.74. The van der Waals surface area contributed by atoms with Crippen LogP contribution in [0, 0.1) is 0 Å². The van der Waals surface area contributed by atoms with Gasteiger partial charge in [-0.25, -0.2) is 0 Å². The Morgan fingerprint density at radius 2 is 2.19 bits per heavy atom. The Hall–Kier alpha value is -2.04. The van der Waals surface area contributed by atoms with Gasteiger partial charge in [0.15, 0.2) is 0 Å². The minimum atomic E-state index is -1.06. The van der Waals surface area contributed by atoms with Crippen molar-refractivity contribution in [2.45, 2.75) is 12.6 Å². The molecule has 6 nitrogen and oxygen atoms in total. The van der Waals surface area contributed by atoms with Crippen LogP contribution < -0.4 is 5.32 Å². The minimum absolute atomic E-state index is 0.344. The van der Waals surface area contributed by atoms with E-state index in [1.54, 1.807) is 0 Å². The molecule has 0 saturated heterocycles. The molecule has 0 bridgehead atoms. The number of azide groups is 1. The van der Waals surface area contributed by atoms with Crippen molar-refractivity contribution in [3.63, 3.8) is 0 Å². The molecule has 0 fully saturated rings. The van der Waals surface area contributed by atoms with E-state index in [2.05, 4.69) is 15.3 Å². The van der Waals surface area contributed by atoms with Crippen molar-refractivity contribution in [2.24, 2.45) is 5.11 Å². The van der Waals surface area contributed by atoms with Crippen LogP contribution in [0.2, 0.25) is 0 Å². The van der Waals surface area contributed by atoms with Gasteiger partial charge in [0.1, 0.15) is 6.04 Å². The Morgan fingerprint density at radius 3 is 2.75 bits per heavy atom. The average molecular weight is 220 g/mol. The van der Waals surface area contributed by atoms with E-state index in [0.717, 1.165) is 5.56 Å². The zero-order valence-corrected chi connectivity index (χ0v) is 8.58. The van der Waals surface area contributed by atoms with Gasteiger partial charge in [-0.1, -0.05) is 35.4 Å². The van der Waals surface area contributed by atoms with Crippen molar-refractivity contribution in [1.29, 1.82) is 0 Å². The zero-order chi connectivity index (χ0) is 11.8. The van der Waals surface area contributed by atoms with Gasteiger partial charge in [-0.2, -0.15) is 0 Å². The van der Waals surface area contributed by atoms with Crippen molar-refractivity contribution in [3.8, 4) is 0 Å². The number of aliphatic hydroxyl groups excluding tert-OH is 1. The molecule has 0 unspecified atom stereocenters. The molecule has 1 aromatic rings. The SMILES string of the molecule is [N-]=[N+]=N[C@H](CO)C(=O)NCc1ccccc1. The summed E-state index contributed by atoms with van der Waals surface area (Å²) >= 11 is 0. The molecule has 1 atom stereocenters. The smallest absolute Gasteiger partial charge is 0.231 e. The number of benzene rings is 1. The molecule has 2 N–H and O–H groups in total. The highest BCUT2D eigenvalue weighted by molar-refractivity contribution is 5.81. The van der Waals surface area contributed by atoms with E-state index in [1.165, 1.54) is 0 Å². The van der Waals surface area contributed by atoms with Crippen molar-refractivity contribution in [1.82, 2.24) is 5.32 Å². The quantitative estimate of drug-likeness (QED) is 0.439. The number of nitrogens with zero attached hydrogens (tertiary/aromatic N) is 3. The van der Waals surface area contributed by atoms with E-state index in [4.69, 9.17) is 10.6 Å². The molecule has 6 heteroatoms. The first-order valence-corrected chi connectivity index (χ1v) is 4.74. The van der Waals surface area contributed by atoms with E-state index in [1.807, 2.05) is 30.3 Å². The lowest BCUT2D eigenvalue weighted by Crippen LogP contribution is -2.34. The van der Waals surface area contributed by atoms with Gasteiger partial charge in [0, 0.05) is 11.5 Å². The van der Waals surface area contributed by atoms with Gasteiger partial charge in [0.25, 0.3) is 0 Å². The van der Waals surface area contributed by atoms with Crippen LogP contribution >= 0.6 is 0 Å². The summed E-state index contributed by atoms with van der Waals surface area (Å²) < 4.78 is 0. The molecular formula is C10H12N4O2. The molecule has 16 heavy (non-hydrogen) atoms. The van der Waals surface area contributed by atoms with E-state index >= 15 is 0 Å². The summed E-state index contributed by atoms with van der Waals surface area (Å²) in [6.45, 7) is -0.151. The minimum Gasteiger partial charge on any atom is -0.395 e. The Labute approximate surface area is 92.5 Å². The molecule has 0 aliphatic rings. The summed E-state index contributed by atoms with van der Waals surface area (Å²) in [7, 11) is 0. The first-order chi connectivity index (χ1) is 7.77. The number of aliphatic hydroxyl groups is 1. The fraction of sp³-hybridized carbons (Fsp3) is 0.300. The van der Waals surface area contributed by atoms with Crippen LogP contribution in [0.5, 0.6) is 0 Å². The third-order valence-corrected chi connectivity index (χ3v) is 1.98. The van der Waals surface area contributed by atoms with Gasteiger partial charge in [-0.15, -0.1) is 0 Å². The maximum Gasteiger partial charge on any atom is 0.231 e. The van der Waals surface area contributed by atoms with E-state index < -0.39 is 18.6 Å². The fourth-order valence-electron chi connectivity index (χ4n) is 1.14. The summed E-state index contributed by atoms with van der Waals surface area (Å²) in [5.41, 5.74) is 9.11. The second-order valence-corrected chi connectivity index (χ2v) is 3.11. The number of carbonyl (C=O) groups is 1. The van der Waals surface area contributed by atoms with Gasteiger partial charge in [-0.3, -0.25) is 4.79 Å². The van der Waals surface area contributed by atoms with Crippen LogP contribution in [0.3, 0.4) is 0 Å². The number of rotatable bonds is 5. The summed E-state index contributed by atoms with van der Waals surface area (Å²) in [6.07, 6.45) is 0. The topological polar surface area (TPSA) is 98.1 Å². The molecule has 1 amide bonds. The van der Waals surface area contributed by atoms with Crippen LogP contribution in [0.25, 0.3) is 10.4 Å².